The number of nitrogens with zero attached hydrogens (tertiary/aromatic N) is 5. The Labute approximate surface area is 258 Å². The number of carbonyl (C=O) groups excluding carboxylic acids is 3. The molecule has 1 N–H and O–H groups in total. The van der Waals surface area contributed by atoms with Crippen molar-refractivity contribution < 1.29 is 29.0 Å². The lowest BCUT2D eigenvalue weighted by Gasteiger charge is -2.36. The van der Waals surface area contributed by atoms with Gasteiger partial charge in [0.15, 0.2) is 0 Å². The summed E-state index contributed by atoms with van der Waals surface area (Å²) in [6.07, 6.45) is 9.41. The van der Waals surface area contributed by atoms with Crippen LogP contribution in [-0.4, -0.2) is 91.2 Å². The highest BCUT2D eigenvalue weighted by molar-refractivity contribution is 5.98. The maximum atomic E-state index is 14.7. The largest absolute Gasteiger partial charge is 0.465 e. The Balaban J connectivity index is 1.48. The minimum absolute atomic E-state index is 0.117. The van der Waals surface area contributed by atoms with Gasteiger partial charge in [0.05, 0.1) is 23.6 Å². The molecule has 11 heteroatoms. The molecule has 0 aliphatic carbocycles. The fraction of sp³-hybridized carbons (Fsp3) is 0.606. The number of hydrogen-bond acceptors (Lipinski definition) is 8. The van der Waals surface area contributed by atoms with E-state index in [-0.39, 0.29) is 38.2 Å². The number of carbonyl (C=O) groups is 3. The Hall–Kier alpha value is -3.57. The molecule has 3 fully saturated rings. The Morgan fingerprint density at radius 1 is 1.16 bits per heavy atom. The monoisotopic (exact) mass is 607 g/mol. The predicted molar refractivity (Wildman–Crippen MR) is 164 cm³/mol. The lowest BCUT2D eigenvalue weighted by atomic mass is 9.65. The minimum Gasteiger partial charge on any atom is -0.465 e. The fourth-order valence-corrected chi connectivity index (χ4v) is 7.56. The SMILES string of the molecule is C=CCCCOC(=O)[C@@H]1[C@H]2C(=O)N(CCCCCCO)C(C(=O)N(CC=C)Cn3nnc4ccccc43)C23CC[C@@]1(CC)O3. The average molecular weight is 608 g/mol. The van der Waals surface area contributed by atoms with Crippen molar-refractivity contribution in [3.63, 3.8) is 0 Å². The smallest absolute Gasteiger partial charge is 0.312 e. The van der Waals surface area contributed by atoms with Crippen LogP contribution in [0.1, 0.15) is 64.7 Å². The molecule has 1 aromatic heterocycles. The normalized spacial score (nSPS) is 27.1. The highest BCUT2D eigenvalue weighted by Crippen LogP contribution is 2.64. The first-order valence-corrected chi connectivity index (χ1v) is 15.9. The molecule has 2 amide bonds. The lowest BCUT2D eigenvalue weighted by molar-refractivity contribution is -0.162. The van der Waals surface area contributed by atoms with Crippen LogP contribution in [0.5, 0.6) is 0 Å². The molecular formula is C33H45N5O6. The molecular weight excluding hydrogens is 562 g/mol. The Kier molecular flexibility index (Phi) is 9.84. The van der Waals surface area contributed by atoms with Gasteiger partial charge in [-0.3, -0.25) is 14.4 Å². The third-order valence-corrected chi connectivity index (χ3v) is 9.66. The molecule has 5 atom stereocenters. The second-order valence-electron chi connectivity index (χ2n) is 12.2. The van der Waals surface area contributed by atoms with E-state index in [1.54, 1.807) is 26.6 Å². The zero-order valence-electron chi connectivity index (χ0n) is 25.7. The number of fused-ring (bicyclic) bond motifs is 2. The Bertz CT molecular complexity index is 1380. The first kappa shape index (κ1) is 31.8. The molecule has 11 nitrogen and oxygen atoms in total. The van der Waals surface area contributed by atoms with E-state index in [4.69, 9.17) is 9.47 Å². The van der Waals surface area contributed by atoms with Crippen molar-refractivity contribution in [1.29, 1.82) is 0 Å². The van der Waals surface area contributed by atoms with E-state index in [1.807, 2.05) is 31.2 Å². The molecule has 1 spiro atoms. The Morgan fingerprint density at radius 2 is 1.95 bits per heavy atom. The quantitative estimate of drug-likeness (QED) is 0.164. The maximum Gasteiger partial charge on any atom is 0.312 e. The number of rotatable bonds is 17. The second kappa shape index (κ2) is 13.6. The number of aliphatic hydroxyl groups excluding tert-OH is 1. The molecule has 2 aromatic rings. The van der Waals surface area contributed by atoms with Gasteiger partial charge in [-0.05, 0) is 57.1 Å². The van der Waals surface area contributed by atoms with E-state index in [1.165, 1.54) is 0 Å². The van der Waals surface area contributed by atoms with Gasteiger partial charge >= 0.3 is 5.97 Å². The molecule has 5 rings (SSSR count). The number of esters is 1. The van der Waals surface area contributed by atoms with Gasteiger partial charge in [-0.25, -0.2) is 4.68 Å². The summed E-state index contributed by atoms with van der Waals surface area (Å²) in [5, 5.41) is 17.7. The average Bonchev–Trinajstić information content (AvgIpc) is 3.76. The predicted octanol–water partition coefficient (Wildman–Crippen LogP) is 3.62. The summed E-state index contributed by atoms with van der Waals surface area (Å²) in [6, 6.07) is 6.64. The van der Waals surface area contributed by atoms with Crippen molar-refractivity contribution in [3.8, 4) is 0 Å². The van der Waals surface area contributed by atoms with E-state index in [2.05, 4.69) is 23.5 Å². The molecule has 4 heterocycles. The van der Waals surface area contributed by atoms with Crippen molar-refractivity contribution >= 4 is 28.8 Å². The minimum atomic E-state index is -1.13. The van der Waals surface area contributed by atoms with Crippen LogP contribution in [-0.2, 0) is 30.5 Å². The van der Waals surface area contributed by atoms with Crippen LogP contribution in [0.3, 0.4) is 0 Å². The highest BCUT2D eigenvalue weighted by Gasteiger charge is 2.79. The highest BCUT2D eigenvalue weighted by atomic mass is 16.6. The summed E-state index contributed by atoms with van der Waals surface area (Å²) in [4.78, 5) is 46.1. The van der Waals surface area contributed by atoms with Gasteiger partial charge in [0, 0.05) is 19.7 Å². The van der Waals surface area contributed by atoms with Crippen molar-refractivity contribution in [1.82, 2.24) is 24.8 Å². The molecule has 3 saturated heterocycles. The molecule has 2 bridgehead atoms. The van der Waals surface area contributed by atoms with Crippen LogP contribution in [0.4, 0.5) is 0 Å². The van der Waals surface area contributed by atoms with Crippen molar-refractivity contribution in [2.45, 2.75) is 88.6 Å². The number of aliphatic hydroxyl groups is 1. The van der Waals surface area contributed by atoms with Crippen LogP contribution in [0.2, 0.25) is 0 Å². The van der Waals surface area contributed by atoms with Crippen LogP contribution >= 0.6 is 0 Å². The zero-order valence-corrected chi connectivity index (χ0v) is 25.7. The summed E-state index contributed by atoms with van der Waals surface area (Å²) in [6.45, 7) is 10.7. The van der Waals surface area contributed by atoms with Crippen LogP contribution in [0.25, 0.3) is 11.0 Å². The fourth-order valence-electron chi connectivity index (χ4n) is 7.56. The van der Waals surface area contributed by atoms with E-state index in [9.17, 15) is 19.5 Å². The Morgan fingerprint density at radius 3 is 2.70 bits per heavy atom. The number of hydrogen-bond donors (Lipinski definition) is 1. The summed E-state index contributed by atoms with van der Waals surface area (Å²) < 4.78 is 14.3. The number of amides is 2. The summed E-state index contributed by atoms with van der Waals surface area (Å²) in [5.41, 5.74) is -0.484. The van der Waals surface area contributed by atoms with Crippen molar-refractivity contribution in [2.75, 3.05) is 26.3 Å². The van der Waals surface area contributed by atoms with E-state index in [0.717, 1.165) is 30.3 Å². The first-order valence-electron chi connectivity index (χ1n) is 15.9. The lowest BCUT2D eigenvalue weighted by Crippen LogP contribution is -2.56. The standard InChI is InChI=1S/C33H45N5O6/c1-4-7-14-22-43-31(42)27-26-29(40)37(20-12-8-9-13-21-39)28(33(26)18-17-32(27,6-3)44-33)30(41)36(19-5-2)23-38-25-16-11-10-15-24(25)34-35-38/h4-5,10-11,15-16,26-28,39H,1-2,6-9,12-14,17-23H2,3H3/t26-,27-,28?,32+,33?/m0/s1. The summed E-state index contributed by atoms with van der Waals surface area (Å²) >= 11 is 0. The number of unbranched alkanes of at least 4 members (excludes halogenated alkanes) is 4. The van der Waals surface area contributed by atoms with Crippen molar-refractivity contribution in [3.05, 3.63) is 49.6 Å². The topological polar surface area (TPSA) is 127 Å². The maximum absolute atomic E-state index is 14.7. The molecule has 0 radical (unpaired) electrons. The third kappa shape index (κ3) is 5.56. The van der Waals surface area contributed by atoms with Gasteiger partial charge in [-0.1, -0.05) is 49.3 Å². The van der Waals surface area contributed by atoms with Gasteiger partial charge < -0.3 is 24.4 Å². The van der Waals surface area contributed by atoms with Crippen LogP contribution in [0, 0.1) is 11.8 Å². The molecule has 238 valence electrons. The number of para-hydroxylation sites is 1. The van der Waals surface area contributed by atoms with E-state index >= 15 is 0 Å². The molecule has 3 aliphatic heterocycles. The van der Waals surface area contributed by atoms with Gasteiger partial charge in [0.2, 0.25) is 11.8 Å². The number of ether oxygens (including phenoxy) is 2. The molecule has 0 saturated carbocycles. The number of likely N-dealkylation sites (tertiary alicyclic amines) is 1. The molecule has 2 unspecified atom stereocenters. The van der Waals surface area contributed by atoms with E-state index in [0.29, 0.717) is 45.1 Å². The van der Waals surface area contributed by atoms with Gasteiger partial charge in [0.25, 0.3) is 0 Å². The van der Waals surface area contributed by atoms with Crippen molar-refractivity contribution in [2.24, 2.45) is 11.8 Å². The van der Waals surface area contributed by atoms with Gasteiger partial charge in [-0.2, -0.15) is 0 Å². The third-order valence-electron chi connectivity index (χ3n) is 9.66. The summed E-state index contributed by atoms with van der Waals surface area (Å²) in [5.74, 6) is -2.49. The summed E-state index contributed by atoms with van der Waals surface area (Å²) in [7, 11) is 0. The van der Waals surface area contributed by atoms with Gasteiger partial charge in [0.1, 0.15) is 29.7 Å². The first-order chi connectivity index (χ1) is 21.4. The van der Waals surface area contributed by atoms with Crippen LogP contribution in [0.15, 0.2) is 49.6 Å². The number of benzene rings is 1. The number of allylic oxidation sites excluding steroid dienone is 1. The van der Waals surface area contributed by atoms with Gasteiger partial charge in [-0.15, -0.1) is 18.3 Å². The molecule has 44 heavy (non-hydrogen) atoms. The number of aromatic nitrogens is 3. The van der Waals surface area contributed by atoms with Crippen LogP contribution < -0.4 is 0 Å². The van der Waals surface area contributed by atoms with E-state index < -0.39 is 35.0 Å². The zero-order chi connectivity index (χ0) is 31.3. The molecule has 1 aromatic carbocycles. The second-order valence-corrected chi connectivity index (χ2v) is 12.2. The molecule has 3 aliphatic rings.